The summed E-state index contributed by atoms with van der Waals surface area (Å²) in [5.41, 5.74) is 4.94. The van der Waals surface area contributed by atoms with Gasteiger partial charge in [0, 0.05) is 18.8 Å². The van der Waals surface area contributed by atoms with Crippen molar-refractivity contribution in [2.45, 2.75) is 13.3 Å². The van der Waals surface area contributed by atoms with Gasteiger partial charge in [-0.15, -0.1) is 11.6 Å². The number of halogens is 1. The Morgan fingerprint density at radius 1 is 1.50 bits per heavy atom. The number of carbonyl (C=O) groups excluding carboxylic acids is 2. The van der Waals surface area contributed by atoms with Crippen molar-refractivity contribution in [2.75, 3.05) is 19.0 Å². The van der Waals surface area contributed by atoms with Crippen LogP contribution in [0.4, 0.5) is 0 Å². The van der Waals surface area contributed by atoms with Gasteiger partial charge in [0.05, 0.1) is 6.54 Å². The Morgan fingerprint density at radius 2 is 2.08 bits per heavy atom. The van der Waals surface area contributed by atoms with E-state index in [9.17, 15) is 9.59 Å². The van der Waals surface area contributed by atoms with Crippen LogP contribution in [0.25, 0.3) is 0 Å². The molecule has 0 aliphatic rings. The maximum atomic E-state index is 11.1. The van der Waals surface area contributed by atoms with Crippen molar-refractivity contribution in [3.63, 3.8) is 0 Å². The topological polar surface area (TPSA) is 63.4 Å². The molecule has 0 unspecified atom stereocenters. The van der Waals surface area contributed by atoms with E-state index in [4.69, 9.17) is 17.3 Å². The van der Waals surface area contributed by atoms with Gasteiger partial charge in [-0.05, 0) is 6.92 Å². The highest BCUT2D eigenvalue weighted by Crippen LogP contribution is 1.95. The maximum Gasteiger partial charge on any atom is 0.237 e. The van der Waals surface area contributed by atoms with Crippen molar-refractivity contribution in [1.82, 2.24) is 4.90 Å². The molecule has 0 aromatic rings. The Hall–Kier alpha value is -0.770. The molecule has 12 heavy (non-hydrogen) atoms. The Labute approximate surface area is 76.7 Å². The van der Waals surface area contributed by atoms with Crippen molar-refractivity contribution in [2.24, 2.45) is 5.73 Å². The summed E-state index contributed by atoms with van der Waals surface area (Å²) in [6.45, 7) is 2.25. The molecule has 0 heterocycles. The van der Waals surface area contributed by atoms with Crippen molar-refractivity contribution < 1.29 is 9.59 Å². The highest BCUT2D eigenvalue weighted by atomic mass is 35.5. The first kappa shape index (κ1) is 11.2. The molecule has 0 aliphatic carbocycles. The Morgan fingerprint density at radius 3 is 2.42 bits per heavy atom. The normalized spacial score (nSPS) is 9.50. The molecule has 0 aliphatic heterocycles. The molecule has 0 bridgehead atoms. The van der Waals surface area contributed by atoms with E-state index in [1.807, 2.05) is 0 Å². The van der Waals surface area contributed by atoms with Crippen molar-refractivity contribution in [3.05, 3.63) is 0 Å². The minimum atomic E-state index is -0.500. The summed E-state index contributed by atoms with van der Waals surface area (Å²) in [6.07, 6.45) is 0.253. The minimum absolute atomic E-state index is 0.0216. The largest absolute Gasteiger partial charge is 0.368 e. The van der Waals surface area contributed by atoms with Gasteiger partial charge in [0.2, 0.25) is 11.8 Å². The fourth-order valence-corrected chi connectivity index (χ4v) is 0.965. The zero-order valence-corrected chi connectivity index (χ0v) is 7.80. The monoisotopic (exact) mass is 192 g/mol. The van der Waals surface area contributed by atoms with Crippen molar-refractivity contribution in [3.8, 4) is 0 Å². The van der Waals surface area contributed by atoms with E-state index in [0.29, 0.717) is 6.54 Å². The first-order valence-corrected chi connectivity index (χ1v) is 4.27. The second-order valence-electron chi connectivity index (χ2n) is 2.31. The van der Waals surface area contributed by atoms with E-state index in [2.05, 4.69) is 0 Å². The average molecular weight is 193 g/mol. The molecule has 0 spiro atoms. The van der Waals surface area contributed by atoms with Crippen LogP contribution in [0.1, 0.15) is 13.3 Å². The third-order valence-electron chi connectivity index (χ3n) is 1.39. The predicted octanol–water partition coefficient (Wildman–Crippen LogP) is -0.0509. The molecule has 2 N–H and O–H groups in total. The number of hydrogen-bond donors (Lipinski definition) is 1. The van der Waals surface area contributed by atoms with Crippen LogP contribution in [0.15, 0.2) is 0 Å². The molecular formula is C7H13ClN2O2. The first-order valence-electron chi connectivity index (χ1n) is 3.73. The smallest absolute Gasteiger partial charge is 0.237 e. The van der Waals surface area contributed by atoms with Gasteiger partial charge in [0.25, 0.3) is 0 Å². The highest BCUT2D eigenvalue weighted by Gasteiger charge is 2.12. The van der Waals surface area contributed by atoms with Gasteiger partial charge in [-0.25, -0.2) is 0 Å². The number of rotatable bonds is 5. The fraction of sp³-hybridized carbons (Fsp3) is 0.714. The zero-order chi connectivity index (χ0) is 9.56. The molecule has 0 atom stereocenters. The number of nitrogens with two attached hydrogens (primary N) is 1. The molecular weight excluding hydrogens is 180 g/mol. The van der Waals surface area contributed by atoms with E-state index >= 15 is 0 Å². The number of carbonyl (C=O) groups is 2. The van der Waals surface area contributed by atoms with Crippen molar-refractivity contribution in [1.29, 1.82) is 0 Å². The van der Waals surface area contributed by atoms with Gasteiger partial charge < -0.3 is 10.6 Å². The van der Waals surface area contributed by atoms with E-state index in [-0.39, 0.29) is 24.8 Å². The molecule has 5 heteroatoms. The molecule has 0 fully saturated rings. The summed E-state index contributed by atoms with van der Waals surface area (Å²) in [4.78, 5) is 23.0. The Kier molecular flexibility index (Phi) is 5.45. The number of alkyl halides is 1. The standard InChI is InChI=1S/C7H13ClN2O2/c1-2-10(5-6(9)11)7(12)3-4-8/h2-5H2,1H3,(H2,9,11). The summed E-state index contributed by atoms with van der Waals surface area (Å²) in [7, 11) is 0. The summed E-state index contributed by atoms with van der Waals surface area (Å²) in [6, 6.07) is 0. The lowest BCUT2D eigenvalue weighted by molar-refractivity contribution is -0.134. The molecule has 0 aromatic carbocycles. The lowest BCUT2D eigenvalue weighted by Crippen LogP contribution is -2.38. The first-order chi connectivity index (χ1) is 5.61. The van der Waals surface area contributed by atoms with E-state index in [1.165, 1.54) is 4.90 Å². The van der Waals surface area contributed by atoms with Gasteiger partial charge in [-0.2, -0.15) is 0 Å². The average Bonchev–Trinajstić information content (AvgIpc) is 2.00. The van der Waals surface area contributed by atoms with Gasteiger partial charge in [-0.1, -0.05) is 0 Å². The van der Waals surface area contributed by atoms with Gasteiger partial charge in [0.1, 0.15) is 0 Å². The van der Waals surface area contributed by atoms with Crippen LogP contribution >= 0.6 is 11.6 Å². The Bertz CT molecular complexity index is 173. The van der Waals surface area contributed by atoms with Gasteiger partial charge in [-0.3, -0.25) is 9.59 Å². The quantitative estimate of drug-likeness (QED) is 0.621. The van der Waals surface area contributed by atoms with Crippen LogP contribution in [-0.4, -0.2) is 35.7 Å². The lowest BCUT2D eigenvalue weighted by Gasteiger charge is -2.17. The highest BCUT2D eigenvalue weighted by molar-refractivity contribution is 6.18. The third-order valence-corrected chi connectivity index (χ3v) is 1.58. The van der Waals surface area contributed by atoms with Crippen LogP contribution in [0.5, 0.6) is 0 Å². The summed E-state index contributed by atoms with van der Waals surface area (Å²) < 4.78 is 0. The second kappa shape index (κ2) is 5.83. The molecule has 2 amide bonds. The minimum Gasteiger partial charge on any atom is -0.368 e. The van der Waals surface area contributed by atoms with Gasteiger partial charge >= 0.3 is 0 Å². The molecule has 0 saturated carbocycles. The summed E-state index contributed by atoms with van der Waals surface area (Å²) in [5, 5.41) is 0. The maximum absolute atomic E-state index is 11.1. The van der Waals surface area contributed by atoms with E-state index < -0.39 is 5.91 Å². The second-order valence-corrected chi connectivity index (χ2v) is 2.69. The van der Waals surface area contributed by atoms with E-state index in [1.54, 1.807) is 6.92 Å². The van der Waals surface area contributed by atoms with Crippen LogP contribution in [-0.2, 0) is 9.59 Å². The number of nitrogens with zero attached hydrogens (tertiary/aromatic N) is 1. The SMILES string of the molecule is CCN(CC(N)=O)C(=O)CCCl. The third kappa shape index (κ3) is 4.18. The molecule has 4 nitrogen and oxygen atoms in total. The van der Waals surface area contributed by atoms with Crippen LogP contribution in [0, 0.1) is 0 Å². The van der Waals surface area contributed by atoms with Crippen LogP contribution < -0.4 is 5.73 Å². The van der Waals surface area contributed by atoms with Crippen molar-refractivity contribution >= 4 is 23.4 Å². The fourth-order valence-electron chi connectivity index (χ4n) is 0.803. The van der Waals surface area contributed by atoms with Gasteiger partial charge in [0.15, 0.2) is 0 Å². The van der Waals surface area contributed by atoms with Crippen LogP contribution in [0.3, 0.4) is 0 Å². The molecule has 0 aromatic heterocycles. The zero-order valence-electron chi connectivity index (χ0n) is 7.05. The molecule has 0 rings (SSSR count). The Balaban J connectivity index is 3.96. The number of hydrogen-bond acceptors (Lipinski definition) is 2. The number of likely N-dealkylation sites (N-methyl/N-ethyl adjacent to an activating group) is 1. The van der Waals surface area contributed by atoms with E-state index in [0.717, 1.165) is 0 Å². The molecule has 0 radical (unpaired) electrons. The summed E-state index contributed by atoms with van der Waals surface area (Å²) >= 11 is 5.37. The number of amides is 2. The molecule has 70 valence electrons. The molecule has 0 saturated heterocycles. The predicted molar refractivity (Wildman–Crippen MR) is 46.8 cm³/mol. The number of primary amides is 1. The summed E-state index contributed by atoms with van der Waals surface area (Å²) in [5.74, 6) is -0.361. The lowest BCUT2D eigenvalue weighted by atomic mass is 10.3. The van der Waals surface area contributed by atoms with Crippen LogP contribution in [0.2, 0.25) is 0 Å².